The molecule has 2 aliphatic carbocycles. The Kier molecular flexibility index (Phi) is 3.30. The van der Waals surface area contributed by atoms with Gasteiger partial charge in [-0.25, -0.2) is 0 Å². The molecule has 0 unspecified atom stereocenters. The molecule has 0 saturated carbocycles. The molecule has 2 aromatic rings. The molecule has 0 radical (unpaired) electrons. The molecule has 0 aromatic heterocycles. The van der Waals surface area contributed by atoms with Crippen LogP contribution < -0.4 is 11.5 Å². The van der Waals surface area contributed by atoms with Gasteiger partial charge in [0, 0.05) is 5.69 Å². The lowest BCUT2D eigenvalue weighted by molar-refractivity contribution is 1.51. The van der Waals surface area contributed by atoms with E-state index in [2.05, 4.69) is 0 Å². The molecule has 0 bridgehead atoms. The average molecular weight is 354 g/mol. The maximum Gasteiger partial charge on any atom is 0.0732 e. The molecule has 0 heterocycles. The highest BCUT2D eigenvalue weighted by Gasteiger charge is 2.30. The summed E-state index contributed by atoms with van der Waals surface area (Å²) in [4.78, 5) is 0. The second-order valence-electron chi connectivity index (χ2n) is 5.79. The number of nitrogens with two attached hydrogens (primary N) is 2. The molecule has 3 nitrogen and oxygen atoms in total. The molecule has 5 heteroatoms. The van der Waals surface area contributed by atoms with Gasteiger partial charge in [0.15, 0.2) is 0 Å². The molecule has 118 valence electrons. The van der Waals surface area contributed by atoms with Crippen LogP contribution in [-0.4, -0.2) is 5.71 Å². The maximum atomic E-state index is 8.01. The summed E-state index contributed by atoms with van der Waals surface area (Å²) in [5.41, 5.74) is 19.2. The van der Waals surface area contributed by atoms with Crippen molar-refractivity contribution in [1.29, 1.82) is 5.41 Å². The van der Waals surface area contributed by atoms with E-state index in [0.717, 1.165) is 33.4 Å². The monoisotopic (exact) mass is 353 g/mol. The fourth-order valence-corrected chi connectivity index (χ4v) is 3.46. The summed E-state index contributed by atoms with van der Waals surface area (Å²) in [5.74, 6) is 0. The minimum Gasteiger partial charge on any atom is -0.399 e. The summed E-state index contributed by atoms with van der Waals surface area (Å²) in [6.07, 6.45) is 3.60. The molecule has 5 N–H and O–H groups in total. The van der Waals surface area contributed by atoms with Crippen molar-refractivity contribution in [2.45, 2.75) is 0 Å². The molecule has 0 amide bonds. The van der Waals surface area contributed by atoms with Crippen molar-refractivity contribution in [3.05, 3.63) is 80.9 Å². The normalized spacial score (nSPS) is 15.8. The number of anilines is 2. The van der Waals surface area contributed by atoms with Crippen LogP contribution in [0.1, 0.15) is 16.7 Å². The van der Waals surface area contributed by atoms with E-state index < -0.39 is 0 Å². The van der Waals surface area contributed by atoms with Gasteiger partial charge >= 0.3 is 0 Å². The molecular formula is C19H13Cl2N3. The minimum absolute atomic E-state index is 0.286. The zero-order valence-electron chi connectivity index (χ0n) is 12.5. The van der Waals surface area contributed by atoms with Crippen LogP contribution in [0.3, 0.4) is 0 Å². The van der Waals surface area contributed by atoms with Crippen molar-refractivity contribution in [1.82, 2.24) is 0 Å². The fraction of sp³-hybridized carbons (Fsp3) is 0. The number of hydrogen-bond acceptors (Lipinski definition) is 3. The summed E-state index contributed by atoms with van der Waals surface area (Å²) in [6.45, 7) is 0. The van der Waals surface area contributed by atoms with Crippen LogP contribution in [0.2, 0.25) is 5.02 Å². The Labute approximate surface area is 149 Å². The predicted molar refractivity (Wildman–Crippen MR) is 102 cm³/mol. The molecule has 0 spiro atoms. The molecule has 4 rings (SSSR count). The maximum absolute atomic E-state index is 8.01. The van der Waals surface area contributed by atoms with E-state index in [9.17, 15) is 0 Å². The number of hydrogen-bond donors (Lipinski definition) is 3. The summed E-state index contributed by atoms with van der Waals surface area (Å²) >= 11 is 12.5. The molecular weight excluding hydrogens is 341 g/mol. The molecule has 0 atom stereocenters. The Morgan fingerprint density at radius 1 is 0.875 bits per heavy atom. The summed E-state index contributed by atoms with van der Waals surface area (Å²) in [5, 5.41) is 8.93. The number of fused-ring (bicyclic) bond motifs is 3. The lowest BCUT2D eigenvalue weighted by Crippen LogP contribution is -2.01. The zero-order chi connectivity index (χ0) is 17.0. The van der Waals surface area contributed by atoms with Gasteiger partial charge in [-0.3, -0.25) is 5.41 Å². The van der Waals surface area contributed by atoms with E-state index in [1.165, 1.54) is 0 Å². The molecule has 2 aliphatic rings. The SMILES string of the molecule is N=C1C=C2C(=C(c3ccc(N)cc3)c3cc(Cl)c(N)cc32)C=C1Cl. The van der Waals surface area contributed by atoms with Crippen molar-refractivity contribution < 1.29 is 0 Å². The zero-order valence-corrected chi connectivity index (χ0v) is 14.0. The average Bonchev–Trinajstić information content (AvgIpc) is 2.82. The van der Waals surface area contributed by atoms with E-state index >= 15 is 0 Å². The number of benzene rings is 2. The smallest absolute Gasteiger partial charge is 0.0732 e. The van der Waals surface area contributed by atoms with Gasteiger partial charge < -0.3 is 11.5 Å². The van der Waals surface area contributed by atoms with Crippen LogP contribution >= 0.6 is 23.2 Å². The Hall–Kier alpha value is -2.49. The third-order valence-electron chi connectivity index (χ3n) is 4.27. The Morgan fingerprint density at radius 3 is 2.29 bits per heavy atom. The van der Waals surface area contributed by atoms with Gasteiger partial charge in [-0.05, 0) is 69.8 Å². The van der Waals surface area contributed by atoms with Crippen molar-refractivity contribution in [3.8, 4) is 0 Å². The third-order valence-corrected chi connectivity index (χ3v) is 4.91. The lowest BCUT2D eigenvalue weighted by Gasteiger charge is -2.12. The largest absolute Gasteiger partial charge is 0.399 e. The number of nitrogens with one attached hydrogen (secondary N) is 1. The van der Waals surface area contributed by atoms with Gasteiger partial charge in [0.25, 0.3) is 0 Å². The second-order valence-corrected chi connectivity index (χ2v) is 6.61. The van der Waals surface area contributed by atoms with Crippen LogP contribution in [0.5, 0.6) is 0 Å². The Morgan fingerprint density at radius 2 is 1.58 bits per heavy atom. The van der Waals surface area contributed by atoms with E-state index in [1.54, 1.807) is 6.08 Å². The highest BCUT2D eigenvalue weighted by molar-refractivity contribution is 6.47. The number of halogens is 2. The van der Waals surface area contributed by atoms with Crippen LogP contribution in [0.15, 0.2) is 59.2 Å². The number of rotatable bonds is 1. The van der Waals surface area contributed by atoms with E-state index in [-0.39, 0.29) is 5.71 Å². The van der Waals surface area contributed by atoms with Gasteiger partial charge in [-0.15, -0.1) is 0 Å². The molecule has 24 heavy (non-hydrogen) atoms. The van der Waals surface area contributed by atoms with E-state index in [1.807, 2.05) is 42.5 Å². The minimum atomic E-state index is 0.286. The highest BCUT2D eigenvalue weighted by atomic mass is 35.5. The first-order chi connectivity index (χ1) is 11.5. The highest BCUT2D eigenvalue weighted by Crippen LogP contribution is 2.49. The predicted octanol–water partition coefficient (Wildman–Crippen LogP) is 4.86. The van der Waals surface area contributed by atoms with Crippen molar-refractivity contribution in [2.75, 3.05) is 11.5 Å². The van der Waals surface area contributed by atoms with Crippen LogP contribution in [0.25, 0.3) is 11.1 Å². The van der Waals surface area contributed by atoms with Gasteiger partial charge in [0.2, 0.25) is 0 Å². The van der Waals surface area contributed by atoms with Gasteiger partial charge in [-0.2, -0.15) is 0 Å². The van der Waals surface area contributed by atoms with Crippen LogP contribution in [0.4, 0.5) is 11.4 Å². The van der Waals surface area contributed by atoms with Crippen LogP contribution in [-0.2, 0) is 0 Å². The Balaban J connectivity index is 2.06. The van der Waals surface area contributed by atoms with Crippen molar-refractivity contribution in [2.24, 2.45) is 0 Å². The first-order valence-corrected chi connectivity index (χ1v) is 8.09. The summed E-state index contributed by atoms with van der Waals surface area (Å²) in [6, 6.07) is 11.4. The standard InChI is InChI=1S/C19H13Cl2N3/c20-15-5-13-11(7-17(15)23)12-8-18(24)16(21)6-14(12)19(13)9-1-3-10(22)4-2-9/h1-8,23H,22,24H2. The first kappa shape index (κ1) is 15.1. The Bertz CT molecular complexity index is 996. The topological polar surface area (TPSA) is 75.9 Å². The van der Waals surface area contributed by atoms with E-state index in [4.69, 9.17) is 40.1 Å². The molecule has 0 fully saturated rings. The van der Waals surface area contributed by atoms with Crippen molar-refractivity contribution in [3.63, 3.8) is 0 Å². The van der Waals surface area contributed by atoms with Crippen molar-refractivity contribution >= 4 is 51.4 Å². The van der Waals surface area contributed by atoms with Gasteiger partial charge in [0.05, 0.1) is 21.5 Å². The summed E-state index contributed by atoms with van der Waals surface area (Å²) in [7, 11) is 0. The number of nitrogen functional groups attached to an aromatic ring is 2. The fourth-order valence-electron chi connectivity index (χ4n) is 3.13. The second kappa shape index (κ2) is 5.26. The van der Waals surface area contributed by atoms with E-state index in [0.29, 0.717) is 21.4 Å². The van der Waals surface area contributed by atoms with Crippen LogP contribution in [0, 0.1) is 5.41 Å². The van der Waals surface area contributed by atoms with Gasteiger partial charge in [-0.1, -0.05) is 35.3 Å². The molecule has 0 aliphatic heterocycles. The molecule has 2 aromatic carbocycles. The number of allylic oxidation sites excluding steroid dienone is 5. The molecule has 0 saturated heterocycles. The lowest BCUT2D eigenvalue weighted by atomic mass is 9.95. The summed E-state index contributed by atoms with van der Waals surface area (Å²) < 4.78 is 0. The quantitative estimate of drug-likeness (QED) is 0.640. The van der Waals surface area contributed by atoms with Gasteiger partial charge in [0.1, 0.15) is 0 Å². The first-order valence-electron chi connectivity index (χ1n) is 7.34. The third kappa shape index (κ3) is 2.17.